The number of carbonyl (C=O) groups is 1. The number of hydrogen-bond acceptors (Lipinski definition) is 2. The topological polar surface area (TPSA) is 42.0 Å². The highest BCUT2D eigenvalue weighted by Crippen LogP contribution is 1.99. The second kappa shape index (κ2) is 5.80. The standard InChI is InChI=1S/C14H14N2O/c17-14(13-8-4-5-10-15-13)16-11-9-12-6-2-1-3-7-12/h1-8,10H,9,11H2,(H,16,17). The van der Waals surface area contributed by atoms with Crippen LogP contribution in [-0.4, -0.2) is 17.4 Å². The van der Waals surface area contributed by atoms with Crippen LogP contribution in [0.5, 0.6) is 0 Å². The van der Waals surface area contributed by atoms with Gasteiger partial charge in [0, 0.05) is 12.7 Å². The average molecular weight is 226 g/mol. The minimum absolute atomic E-state index is 0.124. The zero-order valence-electron chi connectivity index (χ0n) is 9.47. The number of nitrogens with zero attached hydrogens (tertiary/aromatic N) is 1. The summed E-state index contributed by atoms with van der Waals surface area (Å²) in [5.74, 6) is -0.124. The van der Waals surface area contributed by atoms with E-state index in [2.05, 4.69) is 10.3 Å². The molecule has 2 aromatic rings. The molecular weight excluding hydrogens is 212 g/mol. The number of nitrogens with one attached hydrogen (secondary N) is 1. The molecule has 1 N–H and O–H groups in total. The van der Waals surface area contributed by atoms with E-state index in [1.807, 2.05) is 30.3 Å². The highest BCUT2D eigenvalue weighted by Gasteiger charge is 2.04. The van der Waals surface area contributed by atoms with E-state index in [9.17, 15) is 4.79 Å². The normalized spacial score (nSPS) is 9.88. The van der Waals surface area contributed by atoms with E-state index < -0.39 is 0 Å². The molecule has 0 aliphatic carbocycles. The van der Waals surface area contributed by atoms with E-state index in [1.165, 1.54) is 5.56 Å². The fourth-order valence-electron chi connectivity index (χ4n) is 1.55. The van der Waals surface area contributed by atoms with Gasteiger partial charge in [0.05, 0.1) is 0 Å². The van der Waals surface area contributed by atoms with Crippen LogP contribution < -0.4 is 5.32 Å². The van der Waals surface area contributed by atoms with Crippen LogP contribution in [0.3, 0.4) is 0 Å². The third kappa shape index (κ3) is 3.41. The lowest BCUT2D eigenvalue weighted by molar-refractivity contribution is 0.0949. The summed E-state index contributed by atoms with van der Waals surface area (Å²) < 4.78 is 0. The van der Waals surface area contributed by atoms with Crippen LogP contribution in [0.15, 0.2) is 54.7 Å². The van der Waals surface area contributed by atoms with Gasteiger partial charge in [-0.25, -0.2) is 0 Å². The summed E-state index contributed by atoms with van der Waals surface area (Å²) in [7, 11) is 0. The second-order valence-electron chi connectivity index (χ2n) is 3.71. The summed E-state index contributed by atoms with van der Waals surface area (Å²) in [6.07, 6.45) is 2.45. The molecule has 0 saturated carbocycles. The summed E-state index contributed by atoms with van der Waals surface area (Å²) in [6.45, 7) is 0.624. The number of amides is 1. The van der Waals surface area contributed by atoms with Crippen molar-refractivity contribution in [1.82, 2.24) is 10.3 Å². The van der Waals surface area contributed by atoms with Crippen LogP contribution in [0.25, 0.3) is 0 Å². The first-order valence-corrected chi connectivity index (χ1v) is 5.59. The number of rotatable bonds is 4. The molecule has 17 heavy (non-hydrogen) atoms. The van der Waals surface area contributed by atoms with Crippen LogP contribution in [0.2, 0.25) is 0 Å². The minimum atomic E-state index is -0.124. The third-order valence-corrected chi connectivity index (χ3v) is 2.44. The molecule has 0 aliphatic heterocycles. The lowest BCUT2D eigenvalue weighted by atomic mass is 10.1. The number of carbonyl (C=O) groups excluding carboxylic acids is 1. The molecule has 3 heteroatoms. The molecule has 2 rings (SSSR count). The fraction of sp³-hybridized carbons (Fsp3) is 0.143. The van der Waals surface area contributed by atoms with Gasteiger partial charge in [0.2, 0.25) is 0 Å². The van der Waals surface area contributed by atoms with Crippen molar-refractivity contribution in [3.05, 3.63) is 66.0 Å². The molecular formula is C14H14N2O. The van der Waals surface area contributed by atoms with Gasteiger partial charge in [-0.05, 0) is 24.1 Å². The van der Waals surface area contributed by atoms with Crippen molar-refractivity contribution in [2.75, 3.05) is 6.54 Å². The highest BCUT2D eigenvalue weighted by molar-refractivity contribution is 5.92. The van der Waals surface area contributed by atoms with Crippen molar-refractivity contribution in [3.63, 3.8) is 0 Å². The van der Waals surface area contributed by atoms with Crippen molar-refractivity contribution < 1.29 is 4.79 Å². The molecule has 0 atom stereocenters. The van der Waals surface area contributed by atoms with Crippen molar-refractivity contribution in [1.29, 1.82) is 0 Å². The second-order valence-corrected chi connectivity index (χ2v) is 3.71. The van der Waals surface area contributed by atoms with Gasteiger partial charge in [-0.2, -0.15) is 0 Å². The maximum atomic E-state index is 11.7. The summed E-state index contributed by atoms with van der Waals surface area (Å²) in [5, 5.41) is 2.85. The summed E-state index contributed by atoms with van der Waals surface area (Å²) in [6, 6.07) is 15.4. The summed E-state index contributed by atoms with van der Waals surface area (Å²) in [5.41, 5.74) is 1.68. The fourth-order valence-corrected chi connectivity index (χ4v) is 1.55. The van der Waals surface area contributed by atoms with Crippen molar-refractivity contribution >= 4 is 5.91 Å². The predicted octanol–water partition coefficient (Wildman–Crippen LogP) is 2.05. The van der Waals surface area contributed by atoms with Gasteiger partial charge in [0.25, 0.3) is 5.91 Å². The zero-order chi connectivity index (χ0) is 11.9. The maximum Gasteiger partial charge on any atom is 0.269 e. The minimum Gasteiger partial charge on any atom is -0.350 e. The van der Waals surface area contributed by atoms with E-state index >= 15 is 0 Å². The van der Waals surface area contributed by atoms with E-state index in [1.54, 1.807) is 24.4 Å². The lowest BCUT2D eigenvalue weighted by Gasteiger charge is -2.04. The van der Waals surface area contributed by atoms with E-state index in [0.29, 0.717) is 12.2 Å². The van der Waals surface area contributed by atoms with Gasteiger partial charge in [-0.15, -0.1) is 0 Å². The monoisotopic (exact) mass is 226 g/mol. The molecule has 0 radical (unpaired) electrons. The Hall–Kier alpha value is -2.16. The molecule has 1 amide bonds. The molecule has 0 fully saturated rings. The van der Waals surface area contributed by atoms with Gasteiger partial charge >= 0.3 is 0 Å². The van der Waals surface area contributed by atoms with Crippen molar-refractivity contribution in [3.8, 4) is 0 Å². The average Bonchev–Trinajstić information content (AvgIpc) is 2.41. The van der Waals surface area contributed by atoms with Crippen molar-refractivity contribution in [2.24, 2.45) is 0 Å². The molecule has 0 saturated heterocycles. The summed E-state index contributed by atoms with van der Waals surface area (Å²) >= 11 is 0. The van der Waals surface area contributed by atoms with Crippen LogP contribution in [-0.2, 0) is 6.42 Å². The Balaban J connectivity index is 1.82. The number of pyridine rings is 1. The smallest absolute Gasteiger partial charge is 0.269 e. The lowest BCUT2D eigenvalue weighted by Crippen LogP contribution is -2.26. The number of benzene rings is 1. The highest BCUT2D eigenvalue weighted by atomic mass is 16.1. The Morgan fingerprint density at radius 2 is 1.82 bits per heavy atom. The van der Waals surface area contributed by atoms with Crippen LogP contribution in [0, 0.1) is 0 Å². The molecule has 86 valence electrons. The first kappa shape index (κ1) is 11.3. The quantitative estimate of drug-likeness (QED) is 0.867. The van der Waals surface area contributed by atoms with Gasteiger partial charge in [0.1, 0.15) is 5.69 Å². The van der Waals surface area contributed by atoms with E-state index in [4.69, 9.17) is 0 Å². The Morgan fingerprint density at radius 3 is 2.53 bits per heavy atom. The summed E-state index contributed by atoms with van der Waals surface area (Å²) in [4.78, 5) is 15.7. The van der Waals surface area contributed by atoms with E-state index in [-0.39, 0.29) is 5.91 Å². The molecule has 0 unspecified atom stereocenters. The maximum absolute atomic E-state index is 11.7. The van der Waals surface area contributed by atoms with Crippen molar-refractivity contribution in [2.45, 2.75) is 6.42 Å². The predicted molar refractivity (Wildman–Crippen MR) is 66.7 cm³/mol. The van der Waals surface area contributed by atoms with Gasteiger partial charge < -0.3 is 5.32 Å². The third-order valence-electron chi connectivity index (χ3n) is 2.44. The molecule has 0 spiro atoms. The Labute approximate surface area is 101 Å². The molecule has 0 bridgehead atoms. The number of hydrogen-bond donors (Lipinski definition) is 1. The molecule has 0 aliphatic rings. The van der Waals surface area contributed by atoms with Crippen LogP contribution in [0.4, 0.5) is 0 Å². The zero-order valence-corrected chi connectivity index (χ0v) is 9.47. The SMILES string of the molecule is O=C(NCCc1ccccc1)c1ccccn1. The first-order chi connectivity index (χ1) is 8.36. The van der Waals surface area contributed by atoms with Gasteiger partial charge in [-0.1, -0.05) is 36.4 Å². The molecule has 1 aromatic carbocycles. The van der Waals surface area contributed by atoms with Crippen LogP contribution >= 0.6 is 0 Å². The van der Waals surface area contributed by atoms with E-state index in [0.717, 1.165) is 6.42 Å². The Bertz CT molecular complexity index is 468. The van der Waals surface area contributed by atoms with Gasteiger partial charge in [0.15, 0.2) is 0 Å². The largest absolute Gasteiger partial charge is 0.350 e. The first-order valence-electron chi connectivity index (χ1n) is 5.59. The number of aromatic nitrogens is 1. The van der Waals surface area contributed by atoms with Gasteiger partial charge in [-0.3, -0.25) is 9.78 Å². The molecule has 1 heterocycles. The Kier molecular flexibility index (Phi) is 3.86. The Morgan fingerprint density at radius 1 is 1.06 bits per heavy atom. The molecule has 3 nitrogen and oxygen atoms in total. The molecule has 1 aromatic heterocycles. The van der Waals surface area contributed by atoms with Crippen LogP contribution in [0.1, 0.15) is 16.1 Å².